The molecule has 0 spiro atoms. The molecular weight excluding hydrogens is 254 g/mol. The van der Waals surface area contributed by atoms with Crippen LogP contribution in [0.5, 0.6) is 0 Å². The lowest BCUT2D eigenvalue weighted by atomic mass is 9.68. The fourth-order valence-electron chi connectivity index (χ4n) is 2.72. The van der Waals surface area contributed by atoms with Gasteiger partial charge in [-0.3, -0.25) is 4.79 Å². The molecule has 1 saturated carbocycles. The summed E-state index contributed by atoms with van der Waals surface area (Å²) in [6.45, 7) is 0.409. The quantitative estimate of drug-likeness (QED) is 0.794. The van der Waals surface area contributed by atoms with Crippen molar-refractivity contribution in [3.05, 3.63) is 35.9 Å². The van der Waals surface area contributed by atoms with Gasteiger partial charge in [0.2, 0.25) is 5.91 Å². The second-order valence-electron chi connectivity index (χ2n) is 5.61. The summed E-state index contributed by atoms with van der Waals surface area (Å²) < 4.78 is 5.18. The molecule has 0 aromatic heterocycles. The van der Waals surface area contributed by atoms with Gasteiger partial charge in [-0.2, -0.15) is 0 Å². The molecule has 0 aliphatic heterocycles. The van der Waals surface area contributed by atoms with E-state index in [0.717, 1.165) is 24.8 Å². The topological polar surface area (TPSA) is 58.6 Å². The van der Waals surface area contributed by atoms with Gasteiger partial charge in [0.25, 0.3) is 0 Å². The molecule has 0 radical (unpaired) electrons. The van der Waals surface area contributed by atoms with Crippen molar-refractivity contribution in [1.82, 2.24) is 5.32 Å². The van der Waals surface area contributed by atoms with Crippen LogP contribution in [0.3, 0.4) is 0 Å². The molecule has 1 aliphatic rings. The van der Waals surface area contributed by atoms with Crippen LogP contribution in [-0.2, 0) is 16.0 Å². The molecule has 0 saturated heterocycles. The summed E-state index contributed by atoms with van der Waals surface area (Å²) in [4.78, 5) is 12.4. The number of rotatable bonds is 7. The molecule has 4 heteroatoms. The Balaban J connectivity index is 1.94. The Kier molecular flexibility index (Phi) is 5.15. The molecule has 1 fully saturated rings. The van der Waals surface area contributed by atoms with Gasteiger partial charge in [-0.25, -0.2) is 0 Å². The number of aliphatic hydroxyl groups is 1. The predicted molar refractivity (Wildman–Crippen MR) is 77.3 cm³/mol. The molecule has 1 aromatic rings. The Morgan fingerprint density at radius 2 is 2.10 bits per heavy atom. The van der Waals surface area contributed by atoms with Gasteiger partial charge in [0, 0.05) is 7.11 Å². The molecule has 0 unspecified atom stereocenters. The maximum Gasteiger partial charge on any atom is 0.228 e. The molecule has 1 amide bonds. The third-order valence-electron chi connectivity index (χ3n) is 4.09. The minimum absolute atomic E-state index is 0.0144. The predicted octanol–water partition coefficient (Wildman–Crippen LogP) is 1.52. The average Bonchev–Trinajstić information content (AvgIpc) is 2.43. The van der Waals surface area contributed by atoms with E-state index in [2.05, 4.69) is 5.32 Å². The normalized spacial score (nSPS) is 18.1. The standard InChI is InChI=1S/C16H23NO3/c1-20-12-16(8-5-9-16)15(19)17-14(11-18)10-13-6-3-2-4-7-13/h2-4,6-7,14,18H,5,8-12H2,1H3,(H,17,19)/t14-/m0/s1. The number of carbonyl (C=O) groups is 1. The highest BCUT2D eigenvalue weighted by Crippen LogP contribution is 2.41. The molecule has 110 valence electrons. The van der Waals surface area contributed by atoms with Crippen molar-refractivity contribution >= 4 is 5.91 Å². The number of hydrogen-bond donors (Lipinski definition) is 2. The Labute approximate surface area is 120 Å². The zero-order valence-electron chi connectivity index (χ0n) is 12.0. The summed E-state index contributed by atoms with van der Waals surface area (Å²) in [7, 11) is 1.63. The number of amides is 1. The van der Waals surface area contributed by atoms with Gasteiger partial charge in [0.1, 0.15) is 0 Å². The summed E-state index contributed by atoms with van der Waals surface area (Å²) in [6.07, 6.45) is 3.46. The molecule has 1 aromatic carbocycles. The lowest BCUT2D eigenvalue weighted by molar-refractivity contribution is -0.141. The number of methoxy groups -OCH3 is 1. The molecule has 20 heavy (non-hydrogen) atoms. The number of nitrogens with one attached hydrogen (secondary N) is 1. The Hall–Kier alpha value is -1.39. The van der Waals surface area contributed by atoms with E-state index < -0.39 is 0 Å². The summed E-state index contributed by atoms with van der Waals surface area (Å²) >= 11 is 0. The Bertz CT molecular complexity index is 429. The first-order valence-corrected chi connectivity index (χ1v) is 7.15. The lowest BCUT2D eigenvalue weighted by Crippen LogP contribution is -2.52. The number of hydrogen-bond acceptors (Lipinski definition) is 3. The van der Waals surface area contributed by atoms with Gasteiger partial charge >= 0.3 is 0 Å². The highest BCUT2D eigenvalue weighted by atomic mass is 16.5. The number of carbonyl (C=O) groups excluding carboxylic acids is 1. The van der Waals surface area contributed by atoms with Crippen LogP contribution in [0, 0.1) is 5.41 Å². The fourth-order valence-corrected chi connectivity index (χ4v) is 2.72. The first kappa shape index (κ1) is 15.0. The second-order valence-corrected chi connectivity index (χ2v) is 5.61. The van der Waals surface area contributed by atoms with Crippen LogP contribution in [0.4, 0.5) is 0 Å². The summed E-state index contributed by atoms with van der Waals surface area (Å²) in [6, 6.07) is 9.65. The maximum absolute atomic E-state index is 12.4. The van der Waals surface area contributed by atoms with E-state index in [-0.39, 0.29) is 24.0 Å². The minimum atomic E-state index is -0.376. The molecule has 0 heterocycles. The van der Waals surface area contributed by atoms with Crippen LogP contribution in [0.2, 0.25) is 0 Å². The van der Waals surface area contributed by atoms with E-state index in [0.29, 0.717) is 13.0 Å². The van der Waals surface area contributed by atoms with E-state index >= 15 is 0 Å². The second kappa shape index (κ2) is 6.86. The molecule has 1 aliphatic carbocycles. The smallest absolute Gasteiger partial charge is 0.228 e. The van der Waals surface area contributed by atoms with Crippen molar-refractivity contribution in [2.45, 2.75) is 31.7 Å². The van der Waals surface area contributed by atoms with E-state index in [4.69, 9.17) is 4.74 Å². The van der Waals surface area contributed by atoms with E-state index in [1.165, 1.54) is 0 Å². The number of benzene rings is 1. The fraction of sp³-hybridized carbons (Fsp3) is 0.562. The van der Waals surface area contributed by atoms with Crippen LogP contribution in [0.15, 0.2) is 30.3 Å². The van der Waals surface area contributed by atoms with Gasteiger partial charge < -0.3 is 15.2 Å². The van der Waals surface area contributed by atoms with E-state index in [1.54, 1.807) is 7.11 Å². The van der Waals surface area contributed by atoms with Crippen molar-refractivity contribution in [2.75, 3.05) is 20.3 Å². The SMILES string of the molecule is COCC1(C(=O)N[C@H](CO)Cc2ccccc2)CCC1. The van der Waals surface area contributed by atoms with Crippen molar-refractivity contribution in [3.63, 3.8) is 0 Å². The van der Waals surface area contributed by atoms with Crippen LogP contribution in [0.25, 0.3) is 0 Å². The molecule has 2 N–H and O–H groups in total. The number of ether oxygens (including phenoxy) is 1. The third kappa shape index (κ3) is 3.38. The zero-order chi connectivity index (χ0) is 14.4. The highest BCUT2D eigenvalue weighted by molar-refractivity contribution is 5.84. The van der Waals surface area contributed by atoms with Gasteiger partial charge in [-0.05, 0) is 24.8 Å². The maximum atomic E-state index is 12.4. The minimum Gasteiger partial charge on any atom is -0.394 e. The molecular formula is C16H23NO3. The molecule has 0 bridgehead atoms. The number of aliphatic hydroxyl groups excluding tert-OH is 1. The van der Waals surface area contributed by atoms with E-state index in [1.807, 2.05) is 30.3 Å². The summed E-state index contributed by atoms with van der Waals surface area (Å²) in [5, 5.41) is 12.5. The van der Waals surface area contributed by atoms with Crippen molar-refractivity contribution < 1.29 is 14.6 Å². The average molecular weight is 277 g/mol. The van der Waals surface area contributed by atoms with Gasteiger partial charge in [-0.1, -0.05) is 36.8 Å². The van der Waals surface area contributed by atoms with Gasteiger partial charge in [-0.15, -0.1) is 0 Å². The zero-order valence-corrected chi connectivity index (χ0v) is 12.0. The molecule has 4 nitrogen and oxygen atoms in total. The Morgan fingerprint density at radius 1 is 1.40 bits per heavy atom. The van der Waals surface area contributed by atoms with Crippen molar-refractivity contribution in [2.24, 2.45) is 5.41 Å². The third-order valence-corrected chi connectivity index (χ3v) is 4.09. The van der Waals surface area contributed by atoms with Crippen LogP contribution in [-0.4, -0.2) is 37.4 Å². The van der Waals surface area contributed by atoms with E-state index in [9.17, 15) is 9.90 Å². The Morgan fingerprint density at radius 3 is 2.60 bits per heavy atom. The van der Waals surface area contributed by atoms with Crippen LogP contribution < -0.4 is 5.32 Å². The van der Waals surface area contributed by atoms with Gasteiger partial charge in [0.15, 0.2) is 0 Å². The van der Waals surface area contributed by atoms with Gasteiger partial charge in [0.05, 0.1) is 24.7 Å². The summed E-state index contributed by atoms with van der Waals surface area (Å²) in [5.41, 5.74) is 0.736. The molecule has 2 rings (SSSR count). The van der Waals surface area contributed by atoms with Crippen molar-refractivity contribution in [3.8, 4) is 0 Å². The van der Waals surface area contributed by atoms with Crippen LogP contribution >= 0.6 is 0 Å². The molecule has 1 atom stereocenters. The first-order valence-electron chi connectivity index (χ1n) is 7.15. The highest BCUT2D eigenvalue weighted by Gasteiger charge is 2.44. The summed E-state index contributed by atoms with van der Waals surface area (Å²) in [5.74, 6) is 0.0144. The largest absolute Gasteiger partial charge is 0.394 e. The monoisotopic (exact) mass is 277 g/mol. The van der Waals surface area contributed by atoms with Crippen molar-refractivity contribution in [1.29, 1.82) is 0 Å². The van der Waals surface area contributed by atoms with Crippen LogP contribution in [0.1, 0.15) is 24.8 Å². The first-order chi connectivity index (χ1) is 9.70. The lowest BCUT2D eigenvalue weighted by Gasteiger charge is -2.40.